The van der Waals surface area contributed by atoms with Crippen molar-refractivity contribution in [3.8, 4) is 0 Å². The molecule has 0 N–H and O–H groups in total. The standard InChI is InChI=1S/C21H48O3P2/c1-7-12-16-17-18-25(22,23-6)24-26(11-5,19-13-8-2,20-14-9-3)21-15-10-4/h7-21H2,1-6H3. The Kier molecular flexibility index (Phi) is 14.0. The Morgan fingerprint density at radius 3 is 1.50 bits per heavy atom. The van der Waals surface area contributed by atoms with E-state index in [1.165, 1.54) is 51.4 Å². The van der Waals surface area contributed by atoms with E-state index in [4.69, 9.17) is 8.83 Å². The monoisotopic (exact) mass is 410 g/mol. The van der Waals surface area contributed by atoms with E-state index in [2.05, 4.69) is 34.6 Å². The quantitative estimate of drug-likeness (QED) is 0.168. The van der Waals surface area contributed by atoms with Gasteiger partial charge in [0, 0.05) is 0 Å². The zero-order valence-electron chi connectivity index (χ0n) is 18.7. The van der Waals surface area contributed by atoms with E-state index < -0.39 is 14.4 Å². The van der Waals surface area contributed by atoms with Crippen LogP contribution in [-0.2, 0) is 13.4 Å². The van der Waals surface area contributed by atoms with Gasteiger partial charge in [-0.3, -0.25) is 0 Å². The maximum absolute atomic E-state index is 13.6. The van der Waals surface area contributed by atoms with Gasteiger partial charge in [0.05, 0.1) is 0 Å². The van der Waals surface area contributed by atoms with Crippen molar-refractivity contribution in [2.45, 2.75) is 98.8 Å². The molecule has 0 bridgehead atoms. The zero-order valence-corrected chi connectivity index (χ0v) is 20.5. The fourth-order valence-corrected chi connectivity index (χ4v) is 14.5. The Labute approximate surface area is 164 Å². The van der Waals surface area contributed by atoms with Gasteiger partial charge in [-0.05, 0) is 0 Å². The number of rotatable bonds is 18. The van der Waals surface area contributed by atoms with Crippen LogP contribution in [0.15, 0.2) is 0 Å². The average molecular weight is 411 g/mol. The summed E-state index contributed by atoms with van der Waals surface area (Å²) >= 11 is 0. The zero-order chi connectivity index (χ0) is 20.0. The van der Waals surface area contributed by atoms with E-state index in [1.54, 1.807) is 7.11 Å². The van der Waals surface area contributed by atoms with Crippen molar-refractivity contribution in [2.75, 3.05) is 37.9 Å². The average Bonchev–Trinajstić information content (AvgIpc) is 2.67. The summed E-state index contributed by atoms with van der Waals surface area (Å²) in [6.45, 7) is 8.76. The predicted molar refractivity (Wildman–Crippen MR) is 121 cm³/mol. The van der Waals surface area contributed by atoms with E-state index in [9.17, 15) is 4.57 Å². The topological polar surface area (TPSA) is 35.5 Å². The van der Waals surface area contributed by atoms with Crippen LogP contribution in [0.1, 0.15) is 98.8 Å². The van der Waals surface area contributed by atoms with Crippen molar-refractivity contribution < 1.29 is 13.4 Å². The van der Waals surface area contributed by atoms with Crippen LogP contribution in [0.5, 0.6) is 0 Å². The second-order valence-corrected chi connectivity index (χ2v) is 16.4. The number of hydrogen-bond acceptors (Lipinski definition) is 3. The van der Waals surface area contributed by atoms with Crippen LogP contribution in [0.2, 0.25) is 0 Å². The van der Waals surface area contributed by atoms with E-state index in [1.807, 2.05) is 0 Å². The van der Waals surface area contributed by atoms with Gasteiger partial charge >= 0.3 is 165 Å². The third-order valence-corrected chi connectivity index (χ3v) is 16.2. The predicted octanol–water partition coefficient (Wildman–Crippen LogP) is 8.31. The second-order valence-electron chi connectivity index (χ2n) is 8.07. The van der Waals surface area contributed by atoms with Crippen LogP contribution >= 0.6 is 14.4 Å². The summed E-state index contributed by atoms with van der Waals surface area (Å²) < 4.78 is 26.1. The molecule has 0 fully saturated rings. The normalized spacial score (nSPS) is 16.2. The van der Waals surface area contributed by atoms with Gasteiger partial charge in [-0.15, -0.1) is 0 Å². The second kappa shape index (κ2) is 13.7. The fourth-order valence-electron chi connectivity index (χ4n) is 3.91. The van der Waals surface area contributed by atoms with Gasteiger partial charge in [0.15, 0.2) is 0 Å². The Morgan fingerprint density at radius 1 is 0.692 bits per heavy atom. The molecule has 1 unspecified atom stereocenters. The van der Waals surface area contributed by atoms with Crippen LogP contribution in [0, 0.1) is 0 Å². The molecule has 0 aliphatic carbocycles. The van der Waals surface area contributed by atoms with Crippen LogP contribution in [0.25, 0.3) is 0 Å². The van der Waals surface area contributed by atoms with Gasteiger partial charge in [0.2, 0.25) is 0 Å². The van der Waals surface area contributed by atoms with Crippen molar-refractivity contribution in [1.82, 2.24) is 0 Å². The maximum atomic E-state index is 13.6. The first-order valence-corrected chi connectivity index (χ1v) is 15.9. The van der Waals surface area contributed by atoms with Crippen molar-refractivity contribution in [3.63, 3.8) is 0 Å². The third-order valence-electron chi connectivity index (χ3n) is 5.95. The van der Waals surface area contributed by atoms with Gasteiger partial charge in [0.1, 0.15) is 0 Å². The molecule has 0 saturated heterocycles. The summed E-state index contributed by atoms with van der Waals surface area (Å²) in [6, 6.07) is 0. The number of hydrogen-bond donors (Lipinski definition) is 0. The Bertz CT molecular complexity index is 374. The summed E-state index contributed by atoms with van der Waals surface area (Å²) in [6.07, 6.45) is 16.5. The molecule has 0 saturated carbocycles. The molecule has 0 spiro atoms. The van der Waals surface area contributed by atoms with Crippen LogP contribution in [0.4, 0.5) is 0 Å². The molecule has 26 heavy (non-hydrogen) atoms. The van der Waals surface area contributed by atoms with E-state index in [0.29, 0.717) is 6.16 Å². The SMILES string of the molecule is CCCCCCP(=O)(OC)OP(CC)(CCCC)(CCCC)CCCC. The van der Waals surface area contributed by atoms with Crippen molar-refractivity contribution in [2.24, 2.45) is 0 Å². The Balaban J connectivity index is 5.63. The summed E-state index contributed by atoms with van der Waals surface area (Å²) in [4.78, 5) is 0. The molecule has 0 aromatic rings. The van der Waals surface area contributed by atoms with E-state index >= 15 is 0 Å². The molecule has 3 nitrogen and oxygen atoms in total. The molecule has 1 atom stereocenters. The van der Waals surface area contributed by atoms with Crippen LogP contribution in [0.3, 0.4) is 0 Å². The van der Waals surface area contributed by atoms with Gasteiger partial charge in [-0.1, -0.05) is 0 Å². The van der Waals surface area contributed by atoms with E-state index in [-0.39, 0.29) is 0 Å². The van der Waals surface area contributed by atoms with Crippen LogP contribution in [-0.4, -0.2) is 37.9 Å². The van der Waals surface area contributed by atoms with Gasteiger partial charge < -0.3 is 0 Å². The molecule has 0 radical (unpaired) electrons. The first kappa shape index (κ1) is 26.6. The molecule has 0 aliphatic rings. The molecule has 0 aromatic carbocycles. The summed E-state index contributed by atoms with van der Waals surface area (Å²) in [7, 11) is -1.41. The van der Waals surface area contributed by atoms with Crippen LogP contribution < -0.4 is 0 Å². The first-order chi connectivity index (χ1) is 12.4. The van der Waals surface area contributed by atoms with E-state index in [0.717, 1.165) is 37.5 Å². The molecule has 160 valence electrons. The molecule has 5 heteroatoms. The van der Waals surface area contributed by atoms with Gasteiger partial charge in [0.25, 0.3) is 0 Å². The molecule has 0 heterocycles. The molecule has 0 aliphatic heterocycles. The molecule has 0 rings (SSSR count). The molecular formula is C21H48O3P2. The Hall–Kier alpha value is 0.580. The first-order valence-electron chi connectivity index (χ1n) is 11.3. The summed E-state index contributed by atoms with van der Waals surface area (Å²) in [5.41, 5.74) is 0. The Morgan fingerprint density at radius 2 is 1.15 bits per heavy atom. The minimum absolute atomic E-state index is 0.589. The molecule has 0 amide bonds. The van der Waals surface area contributed by atoms with Crippen molar-refractivity contribution in [1.29, 1.82) is 0 Å². The number of unbranched alkanes of at least 4 members (excludes halogenated alkanes) is 6. The third kappa shape index (κ3) is 8.72. The van der Waals surface area contributed by atoms with Crippen molar-refractivity contribution in [3.05, 3.63) is 0 Å². The van der Waals surface area contributed by atoms with Crippen molar-refractivity contribution >= 4 is 14.4 Å². The summed E-state index contributed by atoms with van der Waals surface area (Å²) in [5, 5.41) is 0. The summed E-state index contributed by atoms with van der Waals surface area (Å²) in [5.74, 6) is 0. The molecule has 0 aromatic heterocycles. The molecular weight excluding hydrogens is 362 g/mol. The van der Waals surface area contributed by atoms with Gasteiger partial charge in [-0.25, -0.2) is 0 Å². The fraction of sp³-hybridized carbons (Fsp3) is 1.00. The van der Waals surface area contributed by atoms with Gasteiger partial charge in [-0.2, -0.15) is 0 Å². The minimum atomic E-state index is -3.01.